The topological polar surface area (TPSA) is 116 Å². The fourth-order valence-corrected chi connectivity index (χ4v) is 2.92. The van der Waals surface area contributed by atoms with Gasteiger partial charge in [0.25, 0.3) is 0 Å². The van der Waals surface area contributed by atoms with E-state index in [0.717, 1.165) is 0 Å². The Kier molecular flexibility index (Phi) is 6.98. The molecule has 3 aromatic rings. The van der Waals surface area contributed by atoms with Crippen LogP contribution in [0.3, 0.4) is 0 Å². The van der Waals surface area contributed by atoms with Gasteiger partial charge in [-0.25, -0.2) is 4.79 Å². The van der Waals surface area contributed by atoms with Crippen molar-refractivity contribution >= 4 is 23.3 Å². The number of H-pyrrole nitrogens is 1. The summed E-state index contributed by atoms with van der Waals surface area (Å²) in [6.07, 6.45) is -10.1. The highest BCUT2D eigenvalue weighted by atomic mass is 19.4. The number of rotatable bonds is 5. The molecule has 0 atom stereocenters. The van der Waals surface area contributed by atoms with Crippen molar-refractivity contribution in [2.45, 2.75) is 18.8 Å². The Hall–Kier alpha value is -4.17. The SMILES string of the molecule is CN(C)C(=O)Cc1ccc(NC(=O)Nc2cc(C(F)(F)F)cc(C(F)(F)F)c2)c(-c2nn[nH]n2)c1. The van der Waals surface area contributed by atoms with Crippen LogP contribution >= 0.6 is 0 Å². The Morgan fingerprint density at radius 2 is 1.57 bits per heavy atom. The molecule has 2 aromatic carbocycles. The minimum atomic E-state index is -5.07. The van der Waals surface area contributed by atoms with E-state index in [1.165, 1.54) is 23.1 Å². The Morgan fingerprint density at radius 1 is 0.943 bits per heavy atom. The molecule has 3 amide bonds. The number of tetrazole rings is 1. The van der Waals surface area contributed by atoms with E-state index in [4.69, 9.17) is 0 Å². The van der Waals surface area contributed by atoms with Gasteiger partial charge in [0.1, 0.15) is 0 Å². The van der Waals surface area contributed by atoms with Gasteiger partial charge in [0.15, 0.2) is 0 Å². The first-order chi connectivity index (χ1) is 16.2. The van der Waals surface area contributed by atoms with Crippen molar-refractivity contribution in [1.82, 2.24) is 25.5 Å². The average molecular weight is 501 g/mol. The lowest BCUT2D eigenvalue weighted by molar-refractivity contribution is -0.143. The van der Waals surface area contributed by atoms with Crippen LogP contribution in [-0.2, 0) is 23.6 Å². The summed E-state index contributed by atoms with van der Waals surface area (Å²) < 4.78 is 78.4. The van der Waals surface area contributed by atoms with E-state index < -0.39 is 35.2 Å². The summed E-state index contributed by atoms with van der Waals surface area (Å²) in [5.74, 6) is -0.189. The summed E-state index contributed by atoms with van der Waals surface area (Å²) in [7, 11) is 3.14. The molecule has 3 N–H and O–H groups in total. The summed E-state index contributed by atoms with van der Waals surface area (Å²) in [5, 5.41) is 17.6. The molecule has 0 saturated carbocycles. The standard InChI is InChI=1S/C20H17F6N7O2/c1-33(2)16(34)6-10-3-4-15(14(5-10)17-29-31-32-30-17)28-18(35)27-13-8-11(19(21,22)23)7-12(9-13)20(24,25)26/h3-5,7-9H,6H2,1-2H3,(H2,27,28,35)(H,29,30,31,32). The van der Waals surface area contributed by atoms with Gasteiger partial charge in [-0.15, -0.1) is 10.2 Å². The Morgan fingerprint density at radius 3 is 2.09 bits per heavy atom. The summed E-state index contributed by atoms with van der Waals surface area (Å²) in [6.45, 7) is 0. The molecule has 15 heteroatoms. The Balaban J connectivity index is 1.89. The number of nitrogens with zero attached hydrogens (tertiary/aromatic N) is 4. The van der Waals surface area contributed by atoms with Crippen LogP contribution in [0.25, 0.3) is 11.4 Å². The van der Waals surface area contributed by atoms with Crippen LogP contribution < -0.4 is 10.6 Å². The molecule has 0 unspecified atom stereocenters. The van der Waals surface area contributed by atoms with Crippen LogP contribution in [0.2, 0.25) is 0 Å². The van der Waals surface area contributed by atoms with Crippen LogP contribution in [0.1, 0.15) is 16.7 Å². The number of carbonyl (C=O) groups excluding carboxylic acids is 2. The molecule has 0 aliphatic heterocycles. The number of aromatic nitrogens is 4. The summed E-state index contributed by atoms with van der Waals surface area (Å²) in [4.78, 5) is 25.8. The molecular formula is C20H17F6N7O2. The molecule has 0 aliphatic rings. The van der Waals surface area contributed by atoms with Crippen molar-refractivity contribution in [2.75, 3.05) is 24.7 Å². The molecule has 0 radical (unpaired) electrons. The number of alkyl halides is 6. The molecule has 0 aliphatic carbocycles. The second-order valence-corrected chi connectivity index (χ2v) is 7.45. The highest BCUT2D eigenvalue weighted by molar-refractivity contribution is 6.02. The number of carbonyl (C=O) groups is 2. The van der Waals surface area contributed by atoms with Gasteiger partial charge in [-0.3, -0.25) is 4.79 Å². The maximum Gasteiger partial charge on any atom is 0.416 e. The lowest BCUT2D eigenvalue weighted by atomic mass is 10.0. The third-order valence-corrected chi connectivity index (χ3v) is 4.62. The number of likely N-dealkylation sites (N-methyl/N-ethyl adjacent to an activating group) is 1. The smallest absolute Gasteiger partial charge is 0.349 e. The van der Waals surface area contributed by atoms with Crippen LogP contribution in [0.5, 0.6) is 0 Å². The normalized spacial score (nSPS) is 11.8. The van der Waals surface area contributed by atoms with Gasteiger partial charge in [0.2, 0.25) is 11.7 Å². The minimum Gasteiger partial charge on any atom is -0.349 e. The van der Waals surface area contributed by atoms with Crippen molar-refractivity contribution < 1.29 is 35.9 Å². The minimum absolute atomic E-state index is 0.00871. The zero-order valence-corrected chi connectivity index (χ0v) is 18.0. The molecule has 186 valence electrons. The number of anilines is 2. The molecule has 0 fully saturated rings. The third-order valence-electron chi connectivity index (χ3n) is 4.62. The van der Waals surface area contributed by atoms with Gasteiger partial charge < -0.3 is 15.5 Å². The van der Waals surface area contributed by atoms with Crippen molar-refractivity contribution in [3.8, 4) is 11.4 Å². The number of nitrogens with one attached hydrogen (secondary N) is 3. The number of amides is 3. The van der Waals surface area contributed by atoms with Gasteiger partial charge in [0, 0.05) is 25.3 Å². The number of hydrogen-bond donors (Lipinski definition) is 3. The van der Waals surface area contributed by atoms with E-state index >= 15 is 0 Å². The fraction of sp³-hybridized carbons (Fsp3) is 0.250. The number of halogens is 6. The molecule has 35 heavy (non-hydrogen) atoms. The summed E-state index contributed by atoms with van der Waals surface area (Å²) in [5.41, 5.74) is -3.08. The lowest BCUT2D eigenvalue weighted by Gasteiger charge is -2.16. The highest BCUT2D eigenvalue weighted by Gasteiger charge is 2.37. The molecule has 1 aromatic heterocycles. The van der Waals surface area contributed by atoms with Crippen molar-refractivity contribution in [1.29, 1.82) is 0 Å². The second kappa shape index (κ2) is 9.60. The van der Waals surface area contributed by atoms with Crippen LogP contribution in [0.4, 0.5) is 42.5 Å². The second-order valence-electron chi connectivity index (χ2n) is 7.45. The number of aromatic amines is 1. The molecule has 0 spiro atoms. The van der Waals surface area contributed by atoms with Crippen LogP contribution in [0.15, 0.2) is 36.4 Å². The van der Waals surface area contributed by atoms with E-state index in [-0.39, 0.29) is 35.5 Å². The van der Waals surface area contributed by atoms with E-state index in [9.17, 15) is 35.9 Å². The van der Waals surface area contributed by atoms with Crippen molar-refractivity contribution in [3.63, 3.8) is 0 Å². The highest BCUT2D eigenvalue weighted by Crippen LogP contribution is 2.37. The van der Waals surface area contributed by atoms with Crippen LogP contribution in [0, 0.1) is 0 Å². The number of benzene rings is 2. The van der Waals surface area contributed by atoms with Crippen molar-refractivity contribution in [3.05, 3.63) is 53.1 Å². The monoisotopic (exact) mass is 501 g/mol. The molecule has 0 bridgehead atoms. The lowest BCUT2D eigenvalue weighted by Crippen LogP contribution is -2.23. The third kappa shape index (κ3) is 6.45. The maximum atomic E-state index is 13.1. The maximum absolute atomic E-state index is 13.1. The van der Waals surface area contributed by atoms with E-state index in [2.05, 4.69) is 25.9 Å². The molecule has 0 saturated heterocycles. The summed E-state index contributed by atoms with van der Waals surface area (Å²) >= 11 is 0. The Bertz CT molecular complexity index is 1190. The predicted octanol–water partition coefficient (Wildman–Crippen LogP) is 4.18. The first kappa shape index (κ1) is 25.5. The predicted molar refractivity (Wildman–Crippen MR) is 111 cm³/mol. The summed E-state index contributed by atoms with van der Waals surface area (Å²) in [6, 6.07) is 3.97. The largest absolute Gasteiger partial charge is 0.416 e. The van der Waals surface area contributed by atoms with E-state index in [1.54, 1.807) is 14.1 Å². The van der Waals surface area contributed by atoms with Gasteiger partial charge in [-0.1, -0.05) is 6.07 Å². The molecule has 9 nitrogen and oxygen atoms in total. The fourth-order valence-electron chi connectivity index (χ4n) is 2.92. The van der Waals surface area contributed by atoms with Crippen molar-refractivity contribution in [2.24, 2.45) is 0 Å². The number of hydrogen-bond acceptors (Lipinski definition) is 5. The van der Waals surface area contributed by atoms with Gasteiger partial charge in [0.05, 0.1) is 23.2 Å². The quantitative estimate of drug-likeness (QED) is 0.454. The van der Waals surface area contributed by atoms with E-state index in [1.807, 2.05) is 5.32 Å². The van der Waals surface area contributed by atoms with Crippen LogP contribution in [-0.4, -0.2) is 51.6 Å². The zero-order valence-electron chi connectivity index (χ0n) is 18.0. The zero-order chi connectivity index (χ0) is 26.0. The van der Waals surface area contributed by atoms with Gasteiger partial charge >= 0.3 is 18.4 Å². The number of urea groups is 1. The Labute approximate surface area is 193 Å². The molecular weight excluding hydrogens is 484 g/mol. The van der Waals surface area contributed by atoms with Gasteiger partial charge in [-0.2, -0.15) is 31.6 Å². The molecule has 1 heterocycles. The first-order valence-corrected chi connectivity index (χ1v) is 9.68. The average Bonchev–Trinajstić information content (AvgIpc) is 3.28. The van der Waals surface area contributed by atoms with Gasteiger partial charge in [-0.05, 0) is 41.1 Å². The molecule has 3 rings (SSSR count). The first-order valence-electron chi connectivity index (χ1n) is 9.68. The van der Waals surface area contributed by atoms with E-state index in [0.29, 0.717) is 17.7 Å².